The van der Waals surface area contributed by atoms with E-state index in [0.717, 1.165) is 77.5 Å². The zero-order chi connectivity index (χ0) is 79.2. The quantitative estimate of drug-likeness (QED) is 0.0266. The first-order chi connectivity index (χ1) is 53.0. The summed E-state index contributed by atoms with van der Waals surface area (Å²) in [6.07, 6.45) is -5.24. The highest BCUT2D eigenvalue weighted by Gasteiger charge is 2.39. The van der Waals surface area contributed by atoms with Crippen molar-refractivity contribution in [3.05, 3.63) is 120 Å². The summed E-state index contributed by atoms with van der Waals surface area (Å²) in [7, 11) is 1.54. The summed E-state index contributed by atoms with van der Waals surface area (Å²) in [6.45, 7) is -0.437. The molecule has 13 rings (SSSR count). The highest BCUT2D eigenvalue weighted by molar-refractivity contribution is 5.86. The van der Waals surface area contributed by atoms with Gasteiger partial charge in [0, 0.05) is 83.6 Å². The second-order valence-electron chi connectivity index (χ2n) is 25.3. The number of halogens is 12. The Bertz CT molecular complexity index is 4690. The molecule has 0 spiro atoms. The number of nitrogens with two attached hydrogens (primary N) is 3. The van der Waals surface area contributed by atoms with Gasteiger partial charge in [-0.05, 0) is 111 Å². The van der Waals surface area contributed by atoms with Crippen LogP contribution >= 0.6 is 0 Å². The van der Waals surface area contributed by atoms with Gasteiger partial charge in [-0.15, -0.1) is 15.3 Å². The van der Waals surface area contributed by atoms with E-state index in [-0.39, 0.29) is 131 Å². The number of ether oxygens (including phenoxy) is 2. The monoisotopic (exact) mass is 1600 g/mol. The number of benzene rings is 3. The number of methoxy groups -OCH3 is 1. The number of amides is 3. The van der Waals surface area contributed by atoms with Gasteiger partial charge in [0.15, 0.2) is 34.9 Å². The Labute approximate surface area is 645 Å². The van der Waals surface area contributed by atoms with Crippen LogP contribution in [0, 0.1) is 17.5 Å². The van der Waals surface area contributed by atoms with Crippen LogP contribution in [0.15, 0.2) is 97.5 Å². The van der Waals surface area contributed by atoms with Crippen LogP contribution in [0.5, 0.6) is 5.75 Å². The normalized spacial score (nSPS) is 17.4. The van der Waals surface area contributed by atoms with E-state index < -0.39 is 85.4 Å². The number of para-hydroxylation sites is 1. The van der Waals surface area contributed by atoms with E-state index in [0.29, 0.717) is 41.9 Å². The molecule has 13 N–H and O–H groups in total. The highest BCUT2D eigenvalue weighted by Crippen LogP contribution is 2.37. The molecule has 0 radical (unpaired) electrons. The summed E-state index contributed by atoms with van der Waals surface area (Å²) >= 11 is 0. The molecule has 1 aliphatic carbocycles. The number of hydrogen-bond donors (Lipinski definition) is 10. The van der Waals surface area contributed by atoms with Crippen molar-refractivity contribution in [1.29, 1.82) is 0 Å². The summed E-state index contributed by atoms with van der Waals surface area (Å²) in [5.41, 5.74) is 21.3. The molecule has 4 fully saturated rings. The van der Waals surface area contributed by atoms with E-state index in [1.807, 2.05) is 41.0 Å². The Morgan fingerprint density at radius 1 is 0.523 bits per heavy atom. The van der Waals surface area contributed by atoms with Crippen LogP contribution < -0.4 is 69.0 Å². The van der Waals surface area contributed by atoms with E-state index in [1.54, 1.807) is 48.8 Å². The van der Waals surface area contributed by atoms with Crippen LogP contribution in [0.1, 0.15) is 90.7 Å². The summed E-state index contributed by atoms with van der Waals surface area (Å²) in [6, 6.07) is 22.7. The topological polar surface area (TPSA) is 411 Å². The molecule has 3 aromatic carbocycles. The van der Waals surface area contributed by atoms with Gasteiger partial charge < -0.3 is 73.7 Å². The number of nitrogens with zero attached hydrogens (tertiary/aromatic N) is 18. The molecule has 3 aliphatic heterocycles. The molecular formula is C66H104F12N28O5. The number of rotatable bonds is 23. The third-order valence-corrected chi connectivity index (χ3v) is 17.6. The SMILES string of the molecule is COc1ccc(Nc2nc(N)n(-c3ncc(F)c(NCCC(=O)NCC(F)(F)F)n3)n2)cc1.Nc1nc(Nc2ccc(C3CCC(N4CCOCC4)CC3)cc2)nn1-c1ncc(F)c(N2CCC[C@@H]2C(=O)NCC(F)(F)F)n1.Nc1nc(Nc2ccccc2)nn1-c1ncc(F)c(N2CCC[C@@H]2C(=O)NCC(F)(F)F)n1.[HH].[HH].[HH].[HH].[HH].[HH].[HH].[HH].[HH].[HH].[HH].[HH].[HH].[HH].[HH]. The Hall–Kier alpha value is -12.2. The van der Waals surface area contributed by atoms with Crippen LogP contribution in [0.3, 0.4) is 0 Å². The smallest absolute Gasteiger partial charge is 0.405 e. The van der Waals surface area contributed by atoms with E-state index in [1.165, 1.54) is 28.2 Å². The van der Waals surface area contributed by atoms with Gasteiger partial charge in [-0.2, -0.15) is 83.5 Å². The van der Waals surface area contributed by atoms with Crippen molar-refractivity contribution in [2.24, 2.45) is 0 Å². The van der Waals surface area contributed by atoms with Crippen molar-refractivity contribution in [1.82, 2.24) is 95.0 Å². The zero-order valence-electron chi connectivity index (χ0n) is 58.8. The average Bonchev–Trinajstić information content (AvgIpc) is 1.63. The maximum absolute atomic E-state index is 14.8. The van der Waals surface area contributed by atoms with Crippen molar-refractivity contribution in [3.8, 4) is 23.6 Å². The van der Waals surface area contributed by atoms with Gasteiger partial charge in [0.05, 0.1) is 38.9 Å². The number of alkyl halides is 9. The number of carbonyl (C=O) groups is 3. The lowest BCUT2D eigenvalue weighted by Crippen LogP contribution is -2.46. The summed E-state index contributed by atoms with van der Waals surface area (Å²) in [4.78, 5) is 77.8. The fourth-order valence-corrected chi connectivity index (χ4v) is 12.4. The van der Waals surface area contributed by atoms with E-state index in [4.69, 9.17) is 26.7 Å². The minimum atomic E-state index is -4.56. The van der Waals surface area contributed by atoms with Gasteiger partial charge in [0.1, 0.15) is 37.5 Å². The first kappa shape index (κ1) is 79.8. The van der Waals surface area contributed by atoms with Gasteiger partial charge in [0.25, 0.3) is 17.8 Å². The third kappa shape index (κ3) is 21.8. The van der Waals surface area contributed by atoms with Gasteiger partial charge in [-0.1, -0.05) is 30.3 Å². The molecule has 111 heavy (non-hydrogen) atoms. The van der Waals surface area contributed by atoms with Crippen molar-refractivity contribution < 1.29 is 97.9 Å². The lowest BCUT2D eigenvalue weighted by atomic mass is 9.81. The number of nitrogen functional groups attached to an aromatic ring is 3. The highest BCUT2D eigenvalue weighted by atomic mass is 19.4. The Morgan fingerprint density at radius 2 is 0.946 bits per heavy atom. The number of nitrogens with one attached hydrogen (secondary N) is 7. The van der Waals surface area contributed by atoms with Crippen LogP contribution in [0.2, 0.25) is 0 Å². The van der Waals surface area contributed by atoms with Crippen molar-refractivity contribution in [2.45, 2.75) is 100 Å². The minimum Gasteiger partial charge on any atom is -0.497 e. The lowest BCUT2D eigenvalue weighted by molar-refractivity contribution is -0.139. The van der Waals surface area contributed by atoms with E-state index in [2.05, 4.69) is 98.5 Å². The first-order valence-corrected chi connectivity index (χ1v) is 34.5. The van der Waals surface area contributed by atoms with Crippen molar-refractivity contribution >= 4 is 87.9 Å². The molecule has 0 bridgehead atoms. The third-order valence-electron chi connectivity index (χ3n) is 17.6. The summed E-state index contributed by atoms with van der Waals surface area (Å²) < 4.78 is 169. The second kappa shape index (κ2) is 35.4. The molecule has 622 valence electrons. The van der Waals surface area contributed by atoms with Crippen molar-refractivity contribution in [3.63, 3.8) is 0 Å². The molecule has 9 heterocycles. The predicted molar refractivity (Wildman–Crippen MR) is 410 cm³/mol. The maximum atomic E-state index is 14.8. The standard InChI is InChI=1S/C29H36F4N10O2.C19H19F4N9O.C18H19F4N9O2.15H2/c30-22-16-35-28(38-24(22)42-11-1-2-23(42)25(44)36-17-29(31,32)33)43-26(34)39-27(40-43)37-20-7-3-18(4-8-20)19-5-9-21(10-6-19)41-12-14-45-15-13-41;20-12-9-25-18(32-16(24)29-17(30-32)27-11-5-2-1-3-6-11)28-14(12)31-8-4-7-13(31)15(33)26-10-19(21,22)23;1-33-11-4-2-10(3-5-11)27-16-29-15(23)31(30-16)17-25-8-12(19)14(28-17)24-7-6-13(32)26-9-18(20,21)22;;;;;;;;;;;;;;;/h3-4,7-8,16,19,21,23H,1-2,5-6,9-15,17H2,(H,36,44)(H3,34,37,39,40);1-3,5-6,9,13H,4,7-8,10H2,(H,26,33)(H3,24,27,29,30);2-5,8H,6-7,9H2,1H3,(H,26,32)(H,24,25,28)(H3,23,27,29,30);15*1H/t19?,21?,23-;13-;;;;;;;;;;;;;;;;/m11................/s1. The molecule has 9 aromatic rings. The average molecular weight is 1600 g/mol. The Kier molecular flexibility index (Phi) is 25.5. The largest absolute Gasteiger partial charge is 0.497 e. The molecule has 0 unspecified atom stereocenters. The fraction of sp³-hybridized carbons (Fsp3) is 0.409. The second-order valence-corrected chi connectivity index (χ2v) is 25.3. The number of aromatic nitrogens is 15. The number of carbonyl (C=O) groups excluding carboxylic acids is 3. The molecule has 3 saturated heterocycles. The Balaban J connectivity index is -0.000000557. The molecule has 1 saturated carbocycles. The maximum Gasteiger partial charge on any atom is 0.405 e. The zero-order valence-corrected chi connectivity index (χ0v) is 58.8. The number of hydrogen-bond acceptors (Lipinski definition) is 27. The van der Waals surface area contributed by atoms with E-state index >= 15 is 0 Å². The molecular weight excluding hydrogens is 1490 g/mol. The summed E-state index contributed by atoms with van der Waals surface area (Å²) in [5, 5.41) is 29.6. The van der Waals surface area contributed by atoms with Gasteiger partial charge >= 0.3 is 18.5 Å². The Morgan fingerprint density at radius 3 is 1.40 bits per heavy atom. The number of anilines is 12. The van der Waals surface area contributed by atoms with Crippen LogP contribution in [-0.4, -0.2) is 206 Å². The molecule has 4 aliphatic rings. The van der Waals surface area contributed by atoms with E-state index in [9.17, 15) is 67.1 Å². The van der Waals surface area contributed by atoms with Crippen LogP contribution in [0.25, 0.3) is 17.8 Å². The summed E-state index contributed by atoms with van der Waals surface area (Å²) in [5.74, 6) is -4.79. The van der Waals surface area contributed by atoms with Gasteiger partial charge in [-0.25, -0.2) is 28.1 Å². The lowest BCUT2D eigenvalue weighted by Gasteiger charge is -2.38. The van der Waals surface area contributed by atoms with Crippen LogP contribution in [0.4, 0.5) is 123 Å². The molecule has 33 nitrogen and oxygen atoms in total. The molecule has 45 heteroatoms. The predicted octanol–water partition coefficient (Wildman–Crippen LogP) is 11.4. The van der Waals surface area contributed by atoms with Crippen LogP contribution in [-0.2, 0) is 19.1 Å². The molecule has 3 amide bonds. The minimum absolute atomic E-state index is 0. The van der Waals surface area contributed by atoms with Gasteiger partial charge in [-0.3, -0.25) is 19.3 Å². The number of morpholine rings is 1. The molecule has 6 aromatic heterocycles. The molecule has 2 atom stereocenters. The first-order valence-electron chi connectivity index (χ1n) is 34.5. The van der Waals surface area contributed by atoms with Gasteiger partial charge in [0.2, 0.25) is 53.4 Å². The fourth-order valence-electron chi connectivity index (χ4n) is 12.4. The van der Waals surface area contributed by atoms with Crippen molar-refractivity contribution in [2.75, 3.05) is 121 Å².